The first-order valence-corrected chi connectivity index (χ1v) is 12.5. The van der Waals surface area contributed by atoms with Gasteiger partial charge in [0.15, 0.2) is 0 Å². The molecule has 0 aromatic heterocycles. The van der Waals surface area contributed by atoms with Gasteiger partial charge >= 0.3 is 5.97 Å². The maximum Gasteiger partial charge on any atom is 0.308 e. The van der Waals surface area contributed by atoms with Crippen molar-refractivity contribution in [3.8, 4) is 5.75 Å². The van der Waals surface area contributed by atoms with Crippen LogP contribution < -0.4 is 0 Å². The number of aryl methyl sites for hydroxylation is 7. The predicted molar refractivity (Wildman–Crippen MR) is 162 cm³/mol. The summed E-state index contributed by atoms with van der Waals surface area (Å²) in [5, 5.41) is 10.9. The molecular weight excluding hydrogens is 531 g/mol. The van der Waals surface area contributed by atoms with E-state index in [0.29, 0.717) is 11.1 Å². The Bertz CT molecular complexity index is 1210. The van der Waals surface area contributed by atoms with Gasteiger partial charge < -0.3 is 17.3 Å². The van der Waals surface area contributed by atoms with Crippen LogP contribution in [0, 0.1) is 61.8 Å². The average molecular weight is 574 g/mol. The molecule has 0 heterocycles. The number of phenolic OH excluding ortho intramolecular Hbond substituents is 1. The molecule has 0 aliphatic rings. The van der Waals surface area contributed by atoms with E-state index in [1.807, 2.05) is 19.1 Å². The summed E-state index contributed by atoms with van der Waals surface area (Å²) in [5.74, 6) is 0.0444. The molecule has 0 aliphatic heterocycles. The largest absolute Gasteiger partial charge is 0.507 e. The number of hydrogen-bond acceptors (Lipinski definition) is 5. The molecule has 0 spiro atoms. The fourth-order valence-corrected chi connectivity index (χ4v) is 4.29. The Hall–Kier alpha value is -3.24. The van der Waals surface area contributed by atoms with Gasteiger partial charge in [-0.2, -0.15) is 0 Å². The topological polar surface area (TPSA) is 71.2 Å². The van der Waals surface area contributed by atoms with Crippen LogP contribution in [0.15, 0.2) is 46.4 Å². The Labute approximate surface area is 245 Å². The van der Waals surface area contributed by atoms with Gasteiger partial charge in [0.25, 0.3) is 0 Å². The number of rotatable bonds is 5. The third-order valence-corrected chi connectivity index (χ3v) is 5.92. The van der Waals surface area contributed by atoms with Crippen LogP contribution in [0.2, 0.25) is 0 Å². The number of hydrogen-bond donors (Lipinski definition) is 1. The van der Waals surface area contributed by atoms with Crippen LogP contribution in [0.4, 0.5) is 11.4 Å². The summed E-state index contributed by atoms with van der Waals surface area (Å²) >= 11 is 0. The van der Waals surface area contributed by atoms with Crippen LogP contribution in [0.1, 0.15) is 63.9 Å². The van der Waals surface area contributed by atoms with Crippen LogP contribution in [-0.2, 0) is 26.0 Å². The fraction of sp³-hybridized carbons (Fsp3) is 0.333. The molecule has 0 aliphatic carbocycles. The van der Waals surface area contributed by atoms with Gasteiger partial charge in [-0.1, -0.05) is 49.2 Å². The number of ether oxygens (including phenoxy) is 1. The molecule has 5 nitrogen and oxygen atoms in total. The number of nitrogens with zero attached hydrogens (tertiary/aromatic N) is 2. The summed E-state index contributed by atoms with van der Waals surface area (Å²) in [5.41, 5.74) is 11.3. The summed E-state index contributed by atoms with van der Waals surface area (Å²) < 4.78 is 4.37. The van der Waals surface area contributed by atoms with E-state index in [2.05, 4.69) is 80.5 Å². The number of benzene rings is 3. The first kappa shape index (κ1) is 35.8. The van der Waals surface area contributed by atoms with E-state index < -0.39 is 0 Å². The van der Waals surface area contributed by atoms with E-state index in [-0.39, 0.29) is 41.6 Å². The van der Waals surface area contributed by atoms with E-state index >= 15 is 0 Å². The van der Waals surface area contributed by atoms with Gasteiger partial charge in [0.2, 0.25) is 0 Å². The molecule has 214 valence electrons. The summed E-state index contributed by atoms with van der Waals surface area (Å²) in [6, 6.07) is 12.4. The van der Waals surface area contributed by atoms with Gasteiger partial charge in [0.05, 0.1) is 24.4 Å². The van der Waals surface area contributed by atoms with Gasteiger partial charge in [0.1, 0.15) is 5.75 Å². The van der Waals surface area contributed by atoms with Crippen LogP contribution in [-0.4, -0.2) is 30.6 Å². The fourth-order valence-electron chi connectivity index (χ4n) is 4.29. The number of methoxy groups -OCH3 is 1. The van der Waals surface area contributed by atoms with Crippen molar-refractivity contribution in [2.75, 3.05) is 7.11 Å². The van der Waals surface area contributed by atoms with Gasteiger partial charge in [-0.05, 0) is 88.4 Å². The average Bonchev–Trinajstić information content (AvgIpc) is 2.79. The molecule has 0 atom stereocenters. The zero-order valence-electron chi connectivity index (χ0n) is 25.2. The molecule has 6 heteroatoms. The summed E-state index contributed by atoms with van der Waals surface area (Å²) in [6.45, 7) is 18.0. The van der Waals surface area contributed by atoms with Gasteiger partial charge in [0, 0.05) is 40.0 Å². The standard InChI is InChI=1S/C27H30N2O.C5H10O2.CH3.Ni/c1-16-8-19(4)25(20(5)9-16)28-14-23-12-18(3)13-24(27(23)30)15-29-26-21(6)10-17(2)11-22(26)7;1-4(2)5(6)7-3;;/h8-15,30H,1-7H3;4H,1-3H3;1H3;/q;;-1;. The van der Waals surface area contributed by atoms with Gasteiger partial charge in [-0.3, -0.25) is 14.8 Å². The molecule has 0 saturated carbocycles. The van der Waals surface area contributed by atoms with E-state index in [4.69, 9.17) is 0 Å². The molecule has 3 rings (SSSR count). The van der Waals surface area contributed by atoms with Crippen molar-refractivity contribution >= 4 is 29.8 Å². The van der Waals surface area contributed by atoms with Crippen LogP contribution in [0.5, 0.6) is 5.75 Å². The van der Waals surface area contributed by atoms with Crippen molar-refractivity contribution in [2.45, 2.75) is 62.3 Å². The number of esters is 1. The van der Waals surface area contributed by atoms with Crippen molar-refractivity contribution < 1.29 is 31.1 Å². The summed E-state index contributed by atoms with van der Waals surface area (Å²) in [6.07, 6.45) is 3.49. The number of phenols is 1. The number of aromatic hydroxyl groups is 1. The molecule has 3 aromatic carbocycles. The maximum absolute atomic E-state index is 10.9. The number of aliphatic imine (C=N–C) groups is 2. The number of carbonyl (C=O) groups excluding carboxylic acids is 1. The Morgan fingerprint density at radius 3 is 1.28 bits per heavy atom. The zero-order valence-corrected chi connectivity index (χ0v) is 26.2. The molecular formula is C33H43N2NiO3-. The molecule has 0 saturated heterocycles. The molecule has 0 fully saturated rings. The molecule has 39 heavy (non-hydrogen) atoms. The molecule has 1 N–H and O–H groups in total. The minimum atomic E-state index is -0.153. The first-order chi connectivity index (χ1) is 17.3. The van der Waals surface area contributed by atoms with E-state index in [9.17, 15) is 9.90 Å². The van der Waals surface area contributed by atoms with Crippen molar-refractivity contribution in [1.29, 1.82) is 0 Å². The molecule has 3 aromatic rings. The minimum Gasteiger partial charge on any atom is -0.507 e. The van der Waals surface area contributed by atoms with Gasteiger partial charge in [-0.15, -0.1) is 0 Å². The molecule has 0 unspecified atom stereocenters. The Balaban J connectivity index is 0.00000142. The van der Waals surface area contributed by atoms with Crippen LogP contribution in [0.25, 0.3) is 0 Å². The predicted octanol–water partition coefficient (Wildman–Crippen LogP) is 8.32. The van der Waals surface area contributed by atoms with Crippen LogP contribution in [0.3, 0.4) is 0 Å². The molecule has 0 amide bonds. The second kappa shape index (κ2) is 16.0. The third kappa shape index (κ3) is 10.1. The molecule has 0 radical (unpaired) electrons. The smallest absolute Gasteiger partial charge is 0.308 e. The van der Waals surface area contributed by atoms with Gasteiger partial charge in [-0.25, -0.2) is 0 Å². The molecule has 0 bridgehead atoms. The second-order valence-electron chi connectivity index (χ2n) is 9.98. The second-order valence-corrected chi connectivity index (χ2v) is 9.98. The van der Waals surface area contributed by atoms with Crippen molar-refractivity contribution in [1.82, 2.24) is 0 Å². The third-order valence-electron chi connectivity index (χ3n) is 5.92. The Morgan fingerprint density at radius 2 is 1.03 bits per heavy atom. The van der Waals surface area contributed by atoms with E-state index in [1.54, 1.807) is 26.3 Å². The summed E-state index contributed by atoms with van der Waals surface area (Å²) in [7, 11) is 1.39. The van der Waals surface area contributed by atoms with Crippen molar-refractivity contribution in [3.63, 3.8) is 0 Å². The maximum atomic E-state index is 10.9. The first-order valence-electron chi connectivity index (χ1n) is 12.5. The van der Waals surface area contributed by atoms with Crippen LogP contribution >= 0.6 is 0 Å². The van der Waals surface area contributed by atoms with Crippen molar-refractivity contribution in [3.05, 3.63) is 93.9 Å². The zero-order chi connectivity index (χ0) is 27.9. The van der Waals surface area contributed by atoms with Crippen molar-refractivity contribution in [2.24, 2.45) is 15.9 Å². The monoisotopic (exact) mass is 573 g/mol. The quantitative estimate of drug-likeness (QED) is 0.144. The SMILES string of the molecule is COC(=O)C(C)C.Cc1cc(C)c(N=Cc2cc(C)cc(C=Nc3c(C)cc(C)cc3C)c2O)c(C)c1.[CH3-].[Ni]. The Morgan fingerprint density at radius 1 is 0.718 bits per heavy atom. The minimum absolute atomic E-state index is 0. The normalized spacial score (nSPS) is 10.6. The van der Waals surface area contributed by atoms with E-state index in [0.717, 1.165) is 39.2 Å². The Kier molecular flexibility index (Phi) is 14.7. The van der Waals surface area contributed by atoms with E-state index in [1.165, 1.54) is 18.2 Å². The number of carbonyl (C=O) groups is 1. The summed E-state index contributed by atoms with van der Waals surface area (Å²) in [4.78, 5) is 19.7.